The first kappa shape index (κ1) is 14.0. The van der Waals surface area contributed by atoms with Gasteiger partial charge in [0, 0.05) is 0 Å². The van der Waals surface area contributed by atoms with E-state index in [-0.39, 0.29) is 5.69 Å². The van der Waals surface area contributed by atoms with Gasteiger partial charge in [-0.2, -0.15) is 18.3 Å². The molecule has 1 heterocycles. The molecule has 100 valence electrons. The molecule has 0 radical (unpaired) electrons. The monoisotopic (exact) mass is 265 g/mol. The topological polar surface area (TPSA) is 95.1 Å². The van der Waals surface area contributed by atoms with Gasteiger partial charge < -0.3 is 10.4 Å². The molecule has 0 aliphatic heterocycles. The van der Waals surface area contributed by atoms with Crippen LogP contribution in [0.5, 0.6) is 0 Å². The predicted octanol–water partition coefficient (Wildman–Crippen LogP) is 0.854. The summed E-state index contributed by atoms with van der Waals surface area (Å²) in [6.07, 6.45) is -4.79. The molecule has 1 rings (SSSR count). The average Bonchev–Trinajstić information content (AvgIpc) is 2.61. The Labute approximate surface area is 99.2 Å². The van der Waals surface area contributed by atoms with Crippen molar-refractivity contribution < 1.29 is 27.9 Å². The lowest BCUT2D eigenvalue weighted by Crippen LogP contribution is -2.46. The van der Waals surface area contributed by atoms with Crippen LogP contribution in [-0.2, 0) is 4.79 Å². The van der Waals surface area contributed by atoms with Gasteiger partial charge in [-0.1, -0.05) is 0 Å². The molecule has 1 aromatic rings. The van der Waals surface area contributed by atoms with E-state index < -0.39 is 30.5 Å². The largest absolute Gasteiger partial charge is 0.481 e. The number of carbonyl (C=O) groups excluding carboxylic acids is 1. The lowest BCUT2D eigenvalue weighted by molar-refractivity contribution is -0.165. The van der Waals surface area contributed by atoms with E-state index in [1.807, 2.05) is 0 Å². The highest BCUT2D eigenvalue weighted by Gasteiger charge is 2.42. The van der Waals surface area contributed by atoms with Crippen LogP contribution in [0.15, 0.2) is 6.20 Å². The van der Waals surface area contributed by atoms with E-state index in [1.54, 1.807) is 5.32 Å². The second-order valence-electron chi connectivity index (χ2n) is 3.59. The minimum Gasteiger partial charge on any atom is -0.481 e. The van der Waals surface area contributed by atoms with E-state index in [1.165, 1.54) is 13.1 Å². The first-order valence-corrected chi connectivity index (χ1v) is 4.81. The standard InChI is InChI=1S/C9H10F3N3O3/c1-4-3-13-15-7(4)8(18)14-5(2-6(16)17)9(10,11)12/h3,5H,2H2,1H3,(H,13,15)(H,14,18)(H,16,17). The number of aromatic amines is 1. The van der Waals surface area contributed by atoms with Gasteiger partial charge in [0.15, 0.2) is 0 Å². The van der Waals surface area contributed by atoms with Crippen molar-refractivity contribution in [3.8, 4) is 0 Å². The summed E-state index contributed by atoms with van der Waals surface area (Å²) in [5.41, 5.74) is 0.235. The predicted molar refractivity (Wildman–Crippen MR) is 52.9 cm³/mol. The van der Waals surface area contributed by atoms with Crippen molar-refractivity contribution >= 4 is 11.9 Å². The Morgan fingerprint density at radius 2 is 2.17 bits per heavy atom. The fourth-order valence-corrected chi connectivity index (χ4v) is 1.23. The van der Waals surface area contributed by atoms with Crippen molar-refractivity contribution in [2.45, 2.75) is 25.6 Å². The molecule has 0 spiro atoms. The quantitative estimate of drug-likeness (QED) is 0.752. The van der Waals surface area contributed by atoms with Crippen LogP contribution in [0.1, 0.15) is 22.5 Å². The van der Waals surface area contributed by atoms with Gasteiger partial charge in [-0.3, -0.25) is 14.7 Å². The second-order valence-corrected chi connectivity index (χ2v) is 3.59. The molecule has 0 saturated carbocycles. The molecule has 0 aliphatic carbocycles. The van der Waals surface area contributed by atoms with Gasteiger partial charge in [0.25, 0.3) is 5.91 Å². The summed E-state index contributed by atoms with van der Waals surface area (Å²) in [5.74, 6) is -2.70. The van der Waals surface area contributed by atoms with Gasteiger partial charge in [-0.25, -0.2) is 0 Å². The van der Waals surface area contributed by atoms with Crippen LogP contribution in [0, 0.1) is 6.92 Å². The molecule has 0 aliphatic rings. The molecular weight excluding hydrogens is 255 g/mol. The van der Waals surface area contributed by atoms with E-state index in [0.717, 1.165) is 0 Å². The van der Waals surface area contributed by atoms with Gasteiger partial charge in [0.05, 0.1) is 12.6 Å². The third kappa shape index (κ3) is 3.47. The number of aromatic nitrogens is 2. The van der Waals surface area contributed by atoms with Crippen molar-refractivity contribution in [1.82, 2.24) is 15.5 Å². The molecule has 0 bridgehead atoms. The molecular formula is C9H10F3N3O3. The van der Waals surface area contributed by atoms with Crippen molar-refractivity contribution in [3.63, 3.8) is 0 Å². The van der Waals surface area contributed by atoms with Crippen molar-refractivity contribution in [2.24, 2.45) is 0 Å². The molecule has 3 N–H and O–H groups in total. The van der Waals surface area contributed by atoms with Crippen molar-refractivity contribution in [2.75, 3.05) is 0 Å². The third-order valence-electron chi connectivity index (χ3n) is 2.14. The number of halogens is 3. The Kier molecular flexibility index (Phi) is 3.94. The minimum atomic E-state index is -4.83. The number of hydrogen-bond acceptors (Lipinski definition) is 3. The van der Waals surface area contributed by atoms with E-state index >= 15 is 0 Å². The average molecular weight is 265 g/mol. The van der Waals surface area contributed by atoms with E-state index in [0.29, 0.717) is 5.56 Å². The van der Waals surface area contributed by atoms with Gasteiger partial charge in [-0.05, 0) is 12.5 Å². The number of aliphatic carboxylic acids is 1. The lowest BCUT2D eigenvalue weighted by atomic mass is 10.2. The number of hydrogen-bond donors (Lipinski definition) is 3. The number of nitrogens with zero attached hydrogens (tertiary/aromatic N) is 1. The minimum absolute atomic E-state index is 0.130. The maximum atomic E-state index is 12.5. The molecule has 0 saturated heterocycles. The molecule has 1 unspecified atom stereocenters. The fourth-order valence-electron chi connectivity index (χ4n) is 1.23. The summed E-state index contributed by atoms with van der Waals surface area (Å²) in [6.45, 7) is 1.48. The molecule has 1 aromatic heterocycles. The highest BCUT2D eigenvalue weighted by atomic mass is 19.4. The van der Waals surface area contributed by atoms with Crippen LogP contribution in [0.25, 0.3) is 0 Å². The zero-order valence-electron chi connectivity index (χ0n) is 9.21. The van der Waals surface area contributed by atoms with Crippen LogP contribution >= 0.6 is 0 Å². The Bertz CT molecular complexity index is 455. The summed E-state index contributed by atoms with van der Waals surface area (Å²) in [4.78, 5) is 21.8. The SMILES string of the molecule is Cc1cn[nH]c1C(=O)NC(CC(=O)O)C(F)(F)F. The first-order chi connectivity index (χ1) is 8.21. The second kappa shape index (κ2) is 5.07. The summed E-state index contributed by atoms with van der Waals surface area (Å²) < 4.78 is 37.4. The van der Waals surface area contributed by atoms with Gasteiger partial charge in [-0.15, -0.1) is 0 Å². The Morgan fingerprint density at radius 1 is 1.56 bits per heavy atom. The highest BCUT2D eigenvalue weighted by molar-refractivity contribution is 5.94. The van der Waals surface area contributed by atoms with Crippen molar-refractivity contribution in [1.29, 1.82) is 0 Å². The molecule has 6 nitrogen and oxygen atoms in total. The Balaban J connectivity index is 2.82. The molecule has 18 heavy (non-hydrogen) atoms. The first-order valence-electron chi connectivity index (χ1n) is 4.81. The van der Waals surface area contributed by atoms with E-state index in [4.69, 9.17) is 5.11 Å². The number of nitrogens with one attached hydrogen (secondary N) is 2. The number of carboxylic acids is 1. The highest BCUT2D eigenvalue weighted by Crippen LogP contribution is 2.23. The number of carbonyl (C=O) groups is 2. The summed E-state index contributed by atoms with van der Waals surface area (Å²) in [7, 11) is 0. The number of carboxylic acid groups (broad SMARTS) is 1. The normalized spacial score (nSPS) is 13.1. The number of aryl methyl sites for hydroxylation is 1. The van der Waals surface area contributed by atoms with Crippen LogP contribution in [0.3, 0.4) is 0 Å². The number of alkyl halides is 3. The molecule has 0 aromatic carbocycles. The third-order valence-corrected chi connectivity index (χ3v) is 2.14. The number of amides is 1. The Morgan fingerprint density at radius 3 is 2.56 bits per heavy atom. The van der Waals surface area contributed by atoms with Crippen LogP contribution < -0.4 is 5.32 Å². The lowest BCUT2D eigenvalue weighted by Gasteiger charge is -2.19. The van der Waals surface area contributed by atoms with Crippen LogP contribution in [0.4, 0.5) is 13.2 Å². The zero-order valence-corrected chi connectivity index (χ0v) is 9.21. The molecule has 1 amide bonds. The van der Waals surface area contributed by atoms with Gasteiger partial charge in [0.1, 0.15) is 11.7 Å². The molecule has 9 heteroatoms. The molecule has 0 fully saturated rings. The molecule has 1 atom stereocenters. The van der Waals surface area contributed by atoms with Crippen LogP contribution in [-0.4, -0.2) is 39.4 Å². The number of rotatable bonds is 4. The zero-order chi connectivity index (χ0) is 13.9. The van der Waals surface area contributed by atoms with Gasteiger partial charge in [0.2, 0.25) is 0 Å². The maximum absolute atomic E-state index is 12.5. The van der Waals surface area contributed by atoms with Crippen LogP contribution in [0.2, 0.25) is 0 Å². The fraction of sp³-hybridized carbons (Fsp3) is 0.444. The van der Waals surface area contributed by atoms with Crippen molar-refractivity contribution in [3.05, 3.63) is 17.5 Å². The van der Waals surface area contributed by atoms with E-state index in [2.05, 4.69) is 10.2 Å². The smallest absolute Gasteiger partial charge is 0.409 e. The summed E-state index contributed by atoms with van der Waals surface area (Å²) >= 11 is 0. The summed E-state index contributed by atoms with van der Waals surface area (Å²) in [5, 5.41) is 15.7. The number of H-pyrrole nitrogens is 1. The van der Waals surface area contributed by atoms with E-state index in [9.17, 15) is 22.8 Å². The Hall–Kier alpha value is -2.06. The summed E-state index contributed by atoms with van der Waals surface area (Å²) in [6, 6.07) is -2.44. The van der Waals surface area contributed by atoms with Gasteiger partial charge >= 0.3 is 12.1 Å². The maximum Gasteiger partial charge on any atom is 0.409 e.